The normalized spacial score (nSPS) is 12.0. The Morgan fingerprint density at radius 2 is 1.88 bits per heavy atom. The number of aromatic nitrogens is 1. The van der Waals surface area contributed by atoms with Gasteiger partial charge in [-0.25, -0.2) is 18.8 Å². The Kier molecular flexibility index (Phi) is 8.43. The van der Waals surface area contributed by atoms with Gasteiger partial charge in [0.25, 0.3) is 0 Å². The fourth-order valence-corrected chi connectivity index (χ4v) is 2.45. The molecule has 0 aliphatic heterocycles. The SMILES string of the molecule is CCN(C)C=Nc1cc(Br)c(OC(C)c2cc(F)cc(F)c2)nc1C.Cl. The van der Waals surface area contributed by atoms with Gasteiger partial charge in [-0.1, -0.05) is 0 Å². The minimum Gasteiger partial charge on any atom is -0.469 e. The molecule has 0 spiro atoms. The predicted octanol–water partition coefficient (Wildman–Crippen LogP) is 5.60. The van der Waals surface area contributed by atoms with Crippen LogP contribution in [-0.4, -0.2) is 29.8 Å². The van der Waals surface area contributed by atoms with E-state index in [2.05, 4.69) is 25.9 Å². The molecule has 1 aromatic heterocycles. The summed E-state index contributed by atoms with van der Waals surface area (Å²) in [5.74, 6) is -0.936. The van der Waals surface area contributed by atoms with Crippen molar-refractivity contribution in [1.82, 2.24) is 9.88 Å². The number of hydrogen-bond acceptors (Lipinski definition) is 3. The van der Waals surface area contributed by atoms with E-state index in [-0.39, 0.29) is 12.4 Å². The second-order valence-corrected chi connectivity index (χ2v) is 6.51. The minimum atomic E-state index is -0.640. The minimum absolute atomic E-state index is 0. The van der Waals surface area contributed by atoms with Gasteiger partial charge in [0.1, 0.15) is 17.7 Å². The van der Waals surface area contributed by atoms with E-state index in [0.29, 0.717) is 27.3 Å². The van der Waals surface area contributed by atoms with Crippen LogP contribution in [0.1, 0.15) is 31.2 Å². The van der Waals surface area contributed by atoms with Crippen LogP contribution in [0.2, 0.25) is 0 Å². The number of nitrogens with zero attached hydrogens (tertiary/aromatic N) is 3. The lowest BCUT2D eigenvalue weighted by molar-refractivity contribution is 0.214. The van der Waals surface area contributed by atoms with E-state index in [9.17, 15) is 8.78 Å². The molecule has 0 saturated carbocycles. The first kappa shape index (κ1) is 22.3. The number of halogens is 4. The molecule has 0 fully saturated rings. The summed E-state index contributed by atoms with van der Waals surface area (Å²) in [7, 11) is 1.93. The van der Waals surface area contributed by atoms with Crippen LogP contribution in [0.3, 0.4) is 0 Å². The third kappa shape index (κ3) is 5.92. The summed E-state index contributed by atoms with van der Waals surface area (Å²) >= 11 is 3.41. The second kappa shape index (κ2) is 9.83. The molecule has 1 aromatic carbocycles. The van der Waals surface area contributed by atoms with Gasteiger partial charge in [-0.2, -0.15) is 0 Å². The van der Waals surface area contributed by atoms with Crippen molar-refractivity contribution in [2.75, 3.05) is 13.6 Å². The van der Waals surface area contributed by atoms with Gasteiger partial charge in [-0.15, -0.1) is 12.4 Å². The van der Waals surface area contributed by atoms with Crippen LogP contribution in [0.15, 0.2) is 33.7 Å². The van der Waals surface area contributed by atoms with Gasteiger partial charge in [-0.3, -0.25) is 0 Å². The standard InChI is InChI=1S/C18H20BrF2N3O.ClH/c1-5-24(4)10-22-17-9-16(19)18(23-11(17)2)25-12(3)13-6-14(20)8-15(21)7-13;/h6-10,12H,5H2,1-4H3;1H. The highest BCUT2D eigenvalue weighted by Gasteiger charge is 2.15. The highest BCUT2D eigenvalue weighted by atomic mass is 79.9. The van der Waals surface area contributed by atoms with E-state index in [1.165, 1.54) is 12.1 Å². The molecule has 1 unspecified atom stereocenters. The van der Waals surface area contributed by atoms with E-state index in [1.54, 1.807) is 19.3 Å². The van der Waals surface area contributed by atoms with Crippen LogP contribution in [-0.2, 0) is 0 Å². The molecule has 0 radical (unpaired) electrons. The Morgan fingerprint density at radius 3 is 2.46 bits per heavy atom. The average molecular weight is 449 g/mol. The van der Waals surface area contributed by atoms with Gasteiger partial charge < -0.3 is 9.64 Å². The molecule has 0 saturated heterocycles. The molecule has 142 valence electrons. The maximum Gasteiger partial charge on any atom is 0.228 e. The van der Waals surface area contributed by atoms with Crippen molar-refractivity contribution in [3.63, 3.8) is 0 Å². The van der Waals surface area contributed by atoms with Crippen molar-refractivity contribution in [1.29, 1.82) is 0 Å². The molecule has 0 N–H and O–H groups in total. The van der Waals surface area contributed by atoms with Crippen molar-refractivity contribution >= 4 is 40.4 Å². The lowest BCUT2D eigenvalue weighted by Crippen LogP contribution is -2.14. The van der Waals surface area contributed by atoms with E-state index >= 15 is 0 Å². The van der Waals surface area contributed by atoms with Gasteiger partial charge >= 0.3 is 0 Å². The zero-order valence-electron chi connectivity index (χ0n) is 15.0. The summed E-state index contributed by atoms with van der Waals surface area (Å²) in [5, 5.41) is 0. The molecular weight excluding hydrogens is 428 g/mol. The molecule has 0 amide bonds. The van der Waals surface area contributed by atoms with E-state index in [1.807, 2.05) is 25.8 Å². The quantitative estimate of drug-likeness (QED) is 0.426. The number of aryl methyl sites for hydroxylation is 1. The number of hydrogen-bond donors (Lipinski definition) is 0. The highest BCUT2D eigenvalue weighted by Crippen LogP contribution is 2.32. The predicted molar refractivity (Wildman–Crippen MR) is 106 cm³/mol. The summed E-state index contributed by atoms with van der Waals surface area (Å²) in [6.45, 7) is 6.41. The molecular formula is C18H21BrClF2N3O. The summed E-state index contributed by atoms with van der Waals surface area (Å²) in [6, 6.07) is 5.12. The smallest absolute Gasteiger partial charge is 0.228 e. The zero-order valence-corrected chi connectivity index (χ0v) is 17.4. The van der Waals surface area contributed by atoms with Crippen molar-refractivity contribution in [3.05, 3.63) is 51.6 Å². The largest absolute Gasteiger partial charge is 0.469 e. The molecule has 1 atom stereocenters. The Morgan fingerprint density at radius 1 is 1.27 bits per heavy atom. The second-order valence-electron chi connectivity index (χ2n) is 5.66. The van der Waals surface area contributed by atoms with Crippen molar-refractivity contribution in [2.24, 2.45) is 4.99 Å². The van der Waals surface area contributed by atoms with Crippen molar-refractivity contribution in [2.45, 2.75) is 26.9 Å². The third-order valence-corrected chi connectivity index (χ3v) is 4.21. The number of aliphatic imine (C=N–C) groups is 1. The number of pyridine rings is 1. The van der Waals surface area contributed by atoms with E-state index in [0.717, 1.165) is 12.6 Å². The molecule has 2 aromatic rings. The Hall–Kier alpha value is -1.73. The molecule has 0 aliphatic rings. The summed E-state index contributed by atoms with van der Waals surface area (Å²) in [5.41, 5.74) is 1.80. The van der Waals surface area contributed by atoms with Gasteiger partial charge in [0.2, 0.25) is 5.88 Å². The molecule has 0 bridgehead atoms. The fraction of sp³-hybridized carbons (Fsp3) is 0.333. The average Bonchev–Trinajstić information content (AvgIpc) is 2.55. The lowest BCUT2D eigenvalue weighted by atomic mass is 10.1. The summed E-state index contributed by atoms with van der Waals surface area (Å²) in [6.07, 6.45) is 1.17. The van der Waals surface area contributed by atoms with Crippen LogP contribution in [0.5, 0.6) is 5.88 Å². The number of ether oxygens (including phenoxy) is 1. The van der Waals surface area contributed by atoms with Crippen LogP contribution in [0.25, 0.3) is 0 Å². The van der Waals surface area contributed by atoms with Crippen LogP contribution < -0.4 is 4.74 Å². The van der Waals surface area contributed by atoms with Gasteiger partial charge in [0.15, 0.2) is 0 Å². The first-order chi connectivity index (χ1) is 11.8. The van der Waals surface area contributed by atoms with E-state index < -0.39 is 17.7 Å². The molecule has 8 heteroatoms. The third-order valence-electron chi connectivity index (χ3n) is 3.64. The molecule has 4 nitrogen and oxygen atoms in total. The van der Waals surface area contributed by atoms with Crippen LogP contribution >= 0.6 is 28.3 Å². The monoisotopic (exact) mass is 447 g/mol. The van der Waals surface area contributed by atoms with Gasteiger partial charge in [0, 0.05) is 19.7 Å². The van der Waals surface area contributed by atoms with Crippen molar-refractivity contribution in [3.8, 4) is 5.88 Å². The highest BCUT2D eigenvalue weighted by molar-refractivity contribution is 9.10. The summed E-state index contributed by atoms with van der Waals surface area (Å²) < 4.78 is 33.1. The van der Waals surface area contributed by atoms with Crippen LogP contribution in [0, 0.1) is 18.6 Å². The lowest BCUT2D eigenvalue weighted by Gasteiger charge is -2.16. The first-order valence-corrected chi connectivity index (χ1v) is 8.63. The van der Waals surface area contributed by atoms with Crippen molar-refractivity contribution < 1.29 is 13.5 Å². The molecule has 1 heterocycles. The van der Waals surface area contributed by atoms with Crippen LogP contribution in [0.4, 0.5) is 14.5 Å². The maximum absolute atomic E-state index is 13.4. The molecule has 0 aliphatic carbocycles. The summed E-state index contributed by atoms with van der Waals surface area (Å²) in [4.78, 5) is 10.7. The topological polar surface area (TPSA) is 37.7 Å². The van der Waals surface area contributed by atoms with Gasteiger partial charge in [-0.05, 0) is 60.5 Å². The maximum atomic E-state index is 13.4. The van der Waals surface area contributed by atoms with E-state index in [4.69, 9.17) is 4.74 Å². The van der Waals surface area contributed by atoms with Gasteiger partial charge in [0.05, 0.1) is 22.2 Å². The number of rotatable bonds is 6. The number of benzene rings is 1. The first-order valence-electron chi connectivity index (χ1n) is 7.84. The molecule has 26 heavy (non-hydrogen) atoms. The molecule has 2 rings (SSSR count). The Balaban J connectivity index is 0.00000338. The fourth-order valence-electron chi connectivity index (χ4n) is 2.05. The zero-order chi connectivity index (χ0) is 18.6. The Labute approximate surface area is 166 Å². The Bertz CT molecular complexity index is 769.